The molecule has 0 aliphatic heterocycles. The van der Waals surface area contributed by atoms with Crippen molar-refractivity contribution in [2.24, 2.45) is 0 Å². The summed E-state index contributed by atoms with van der Waals surface area (Å²) in [6, 6.07) is 22.5. The molecule has 0 bridgehead atoms. The van der Waals surface area contributed by atoms with Crippen LogP contribution in [0.2, 0.25) is 0 Å². The van der Waals surface area contributed by atoms with Crippen LogP contribution in [0, 0.1) is 0 Å². The lowest BCUT2D eigenvalue weighted by Gasteiger charge is -2.35. The van der Waals surface area contributed by atoms with E-state index in [4.69, 9.17) is 4.74 Å². The van der Waals surface area contributed by atoms with Crippen molar-refractivity contribution in [3.8, 4) is 5.75 Å². The van der Waals surface area contributed by atoms with Crippen LogP contribution in [0.15, 0.2) is 83.3 Å². The molecule has 8 nitrogen and oxygen atoms in total. The molecule has 3 aromatic rings. The molecule has 0 radical (unpaired) electrons. The molecule has 0 aliphatic rings. The Morgan fingerprint density at radius 3 is 2.20 bits per heavy atom. The number of rotatable bonds is 11. The highest BCUT2D eigenvalue weighted by atomic mass is 79.9. The van der Waals surface area contributed by atoms with Crippen LogP contribution in [-0.4, -0.2) is 56.6 Å². The van der Waals surface area contributed by atoms with E-state index >= 15 is 0 Å². The first-order valence-corrected chi connectivity index (χ1v) is 15.4. The largest absolute Gasteiger partial charge is 0.497 e. The fourth-order valence-corrected chi connectivity index (χ4v) is 5.45. The molecule has 1 N–H and O–H groups in total. The Balaban J connectivity index is 2.09. The number of sulfonamides is 1. The molecule has 214 valence electrons. The number of nitrogens with one attached hydrogen (secondary N) is 1. The second kappa shape index (κ2) is 13.3. The lowest BCUT2D eigenvalue weighted by atomic mass is 10.0. The maximum Gasteiger partial charge on any atom is 0.244 e. The number of halogens is 1. The maximum absolute atomic E-state index is 14.1. The van der Waals surface area contributed by atoms with Crippen LogP contribution in [-0.2, 0) is 32.6 Å². The Kier molecular flexibility index (Phi) is 10.4. The summed E-state index contributed by atoms with van der Waals surface area (Å²) in [7, 11) is -2.28. The van der Waals surface area contributed by atoms with Gasteiger partial charge in [-0.15, -0.1) is 0 Å². The summed E-state index contributed by atoms with van der Waals surface area (Å²) >= 11 is 3.38. The SMILES string of the molecule is COc1cccc(CN(C(=O)CN(c2cccc(Br)c2)S(C)(=O)=O)[C@H](Cc2ccccc2)C(=O)NC(C)(C)C)c1. The second-order valence-electron chi connectivity index (χ2n) is 10.6. The molecule has 10 heteroatoms. The van der Waals surface area contributed by atoms with Crippen LogP contribution in [0.1, 0.15) is 31.9 Å². The molecule has 1 atom stereocenters. The molecule has 3 aromatic carbocycles. The number of hydrogen-bond donors (Lipinski definition) is 1. The van der Waals surface area contributed by atoms with Gasteiger partial charge in [-0.3, -0.25) is 13.9 Å². The molecular weight excluding hydrogens is 594 g/mol. The van der Waals surface area contributed by atoms with E-state index in [1.165, 1.54) is 4.90 Å². The topological polar surface area (TPSA) is 96.0 Å². The van der Waals surface area contributed by atoms with Gasteiger partial charge in [0, 0.05) is 23.0 Å². The second-order valence-corrected chi connectivity index (χ2v) is 13.4. The smallest absolute Gasteiger partial charge is 0.244 e. The van der Waals surface area contributed by atoms with E-state index in [9.17, 15) is 18.0 Å². The van der Waals surface area contributed by atoms with Crippen LogP contribution in [0.5, 0.6) is 5.75 Å². The minimum atomic E-state index is -3.84. The Labute approximate surface area is 245 Å². The van der Waals surface area contributed by atoms with Crippen molar-refractivity contribution in [1.82, 2.24) is 10.2 Å². The number of carbonyl (C=O) groups excluding carboxylic acids is 2. The van der Waals surface area contributed by atoms with E-state index in [0.717, 1.165) is 21.7 Å². The molecule has 3 rings (SSSR count). The summed E-state index contributed by atoms with van der Waals surface area (Å²) in [5, 5.41) is 3.01. The number of anilines is 1. The fraction of sp³-hybridized carbons (Fsp3) is 0.333. The first-order valence-electron chi connectivity index (χ1n) is 12.8. The first-order chi connectivity index (χ1) is 18.8. The van der Waals surface area contributed by atoms with Gasteiger partial charge in [-0.25, -0.2) is 8.42 Å². The van der Waals surface area contributed by atoms with Crippen molar-refractivity contribution in [1.29, 1.82) is 0 Å². The number of nitrogens with zero attached hydrogens (tertiary/aromatic N) is 2. The van der Waals surface area contributed by atoms with Gasteiger partial charge in [-0.1, -0.05) is 64.5 Å². The van der Waals surface area contributed by atoms with Crippen LogP contribution < -0.4 is 14.4 Å². The third kappa shape index (κ3) is 9.09. The van der Waals surface area contributed by atoms with Crippen molar-refractivity contribution < 1.29 is 22.7 Å². The van der Waals surface area contributed by atoms with Gasteiger partial charge >= 0.3 is 0 Å². The van der Waals surface area contributed by atoms with Crippen molar-refractivity contribution in [2.45, 2.75) is 45.3 Å². The van der Waals surface area contributed by atoms with Crippen molar-refractivity contribution in [2.75, 3.05) is 24.2 Å². The molecule has 0 fully saturated rings. The zero-order valence-corrected chi connectivity index (χ0v) is 25.8. The predicted molar refractivity (Wildman–Crippen MR) is 162 cm³/mol. The molecule has 0 aromatic heterocycles. The van der Waals surface area contributed by atoms with Crippen LogP contribution >= 0.6 is 15.9 Å². The number of amides is 2. The summed E-state index contributed by atoms with van der Waals surface area (Å²) in [5.74, 6) is -0.241. The zero-order chi connectivity index (χ0) is 29.5. The maximum atomic E-state index is 14.1. The molecule has 0 aliphatic carbocycles. The average molecular weight is 631 g/mol. The fourth-order valence-electron chi connectivity index (χ4n) is 4.22. The van der Waals surface area contributed by atoms with Crippen molar-refractivity contribution >= 4 is 43.5 Å². The van der Waals surface area contributed by atoms with Crippen molar-refractivity contribution in [3.63, 3.8) is 0 Å². The van der Waals surface area contributed by atoms with E-state index in [-0.39, 0.29) is 18.9 Å². The number of hydrogen-bond acceptors (Lipinski definition) is 5. The molecule has 2 amide bonds. The van der Waals surface area contributed by atoms with E-state index < -0.39 is 34.1 Å². The highest BCUT2D eigenvalue weighted by Gasteiger charge is 2.34. The molecule has 0 saturated carbocycles. The van der Waals surface area contributed by atoms with Gasteiger partial charge in [0.25, 0.3) is 0 Å². The number of ether oxygens (including phenoxy) is 1. The number of benzene rings is 3. The Morgan fingerprint density at radius 2 is 1.60 bits per heavy atom. The van der Waals surface area contributed by atoms with Gasteiger partial charge in [-0.05, 0) is 62.2 Å². The lowest BCUT2D eigenvalue weighted by Crippen LogP contribution is -2.56. The number of carbonyl (C=O) groups is 2. The molecular formula is C30H36BrN3O5S. The minimum absolute atomic E-state index is 0.0706. The third-order valence-electron chi connectivity index (χ3n) is 6.03. The van der Waals surface area contributed by atoms with E-state index in [1.807, 2.05) is 63.2 Å². The highest BCUT2D eigenvalue weighted by molar-refractivity contribution is 9.10. The van der Waals surface area contributed by atoms with Crippen LogP contribution in [0.3, 0.4) is 0 Å². The van der Waals surface area contributed by atoms with Gasteiger partial charge < -0.3 is 15.0 Å². The zero-order valence-electron chi connectivity index (χ0n) is 23.4. The normalized spacial score (nSPS) is 12.3. The predicted octanol–water partition coefficient (Wildman–Crippen LogP) is 4.78. The standard InChI is InChI=1S/C30H36BrN3O5S/c1-30(2,3)32-29(36)27(18-22-11-7-6-8-12-22)33(20-23-13-9-16-26(17-23)39-4)28(35)21-34(40(5,37)38)25-15-10-14-24(31)19-25/h6-17,19,27H,18,20-21H2,1-5H3,(H,32,36)/t27-/m1/s1. The Morgan fingerprint density at radius 1 is 0.950 bits per heavy atom. The Bertz CT molecular complexity index is 1420. The molecule has 0 unspecified atom stereocenters. The monoisotopic (exact) mass is 629 g/mol. The van der Waals surface area contributed by atoms with Gasteiger partial charge in [-0.2, -0.15) is 0 Å². The number of methoxy groups -OCH3 is 1. The van der Waals surface area contributed by atoms with Gasteiger partial charge in [0.2, 0.25) is 21.8 Å². The van der Waals surface area contributed by atoms with Crippen LogP contribution in [0.25, 0.3) is 0 Å². The molecule has 0 spiro atoms. The molecule has 0 heterocycles. The highest BCUT2D eigenvalue weighted by Crippen LogP contribution is 2.24. The van der Waals surface area contributed by atoms with Crippen molar-refractivity contribution in [3.05, 3.63) is 94.5 Å². The quantitative estimate of drug-likeness (QED) is 0.329. The van der Waals surface area contributed by atoms with E-state index in [1.54, 1.807) is 43.5 Å². The van der Waals surface area contributed by atoms with Gasteiger partial charge in [0.1, 0.15) is 18.3 Å². The summed E-state index contributed by atoms with van der Waals surface area (Å²) in [5.41, 5.74) is 1.39. The summed E-state index contributed by atoms with van der Waals surface area (Å²) in [6.45, 7) is 5.21. The minimum Gasteiger partial charge on any atom is -0.497 e. The van der Waals surface area contributed by atoms with Gasteiger partial charge in [0.15, 0.2) is 0 Å². The lowest BCUT2D eigenvalue weighted by molar-refractivity contribution is -0.140. The summed E-state index contributed by atoms with van der Waals surface area (Å²) < 4.78 is 32.8. The summed E-state index contributed by atoms with van der Waals surface area (Å²) in [6.07, 6.45) is 1.30. The average Bonchev–Trinajstić information content (AvgIpc) is 2.88. The molecule has 0 saturated heterocycles. The third-order valence-corrected chi connectivity index (χ3v) is 7.67. The first kappa shape index (κ1) is 31.2. The Hall–Kier alpha value is -3.37. The van der Waals surface area contributed by atoms with Crippen LogP contribution in [0.4, 0.5) is 5.69 Å². The van der Waals surface area contributed by atoms with E-state index in [2.05, 4.69) is 21.2 Å². The summed E-state index contributed by atoms with van der Waals surface area (Å²) in [4.78, 5) is 29.3. The van der Waals surface area contributed by atoms with Gasteiger partial charge in [0.05, 0.1) is 19.1 Å². The molecule has 40 heavy (non-hydrogen) atoms. The van der Waals surface area contributed by atoms with E-state index in [0.29, 0.717) is 15.9 Å².